The first kappa shape index (κ1) is 13.7. The van der Waals surface area contributed by atoms with E-state index in [1.54, 1.807) is 17.1 Å². The van der Waals surface area contributed by atoms with Gasteiger partial charge in [-0.2, -0.15) is 0 Å². The van der Waals surface area contributed by atoms with Gasteiger partial charge in [0.15, 0.2) is 5.69 Å². The van der Waals surface area contributed by atoms with E-state index in [2.05, 4.69) is 36.0 Å². The molecule has 0 N–H and O–H groups in total. The summed E-state index contributed by atoms with van der Waals surface area (Å²) in [5.74, 6) is -0.463. The van der Waals surface area contributed by atoms with Gasteiger partial charge in [0.1, 0.15) is 0 Å². The molecule has 2 aromatic heterocycles. The van der Waals surface area contributed by atoms with Gasteiger partial charge >= 0.3 is 5.97 Å². The Hall–Kier alpha value is -1.76. The highest BCUT2D eigenvalue weighted by atomic mass is 79.9. The average molecular weight is 325 g/mol. The van der Waals surface area contributed by atoms with E-state index >= 15 is 0 Å². The third kappa shape index (κ3) is 2.98. The number of esters is 1. The summed E-state index contributed by atoms with van der Waals surface area (Å²) in [5.41, 5.74) is 2.00. The number of methoxy groups -OCH3 is 1. The number of ether oxygens (including phenoxy) is 1. The topological polar surface area (TPSA) is 69.9 Å². The molecular weight excluding hydrogens is 312 g/mol. The molecular formula is C12H13BrN4O2. The predicted octanol–water partition coefficient (Wildman–Crippen LogP) is 1.83. The van der Waals surface area contributed by atoms with Gasteiger partial charge in [-0.25, -0.2) is 9.48 Å². The summed E-state index contributed by atoms with van der Waals surface area (Å²) in [4.78, 5) is 15.6. The molecule has 0 saturated carbocycles. The molecule has 0 bridgehead atoms. The summed E-state index contributed by atoms with van der Waals surface area (Å²) in [6.07, 6.45) is 4.12. The van der Waals surface area contributed by atoms with Gasteiger partial charge in [0.2, 0.25) is 0 Å². The molecule has 0 radical (unpaired) electrons. The van der Waals surface area contributed by atoms with Gasteiger partial charge in [-0.15, -0.1) is 5.10 Å². The van der Waals surface area contributed by atoms with E-state index in [1.165, 1.54) is 7.11 Å². The fourth-order valence-electron chi connectivity index (χ4n) is 1.78. The van der Waals surface area contributed by atoms with Crippen LogP contribution in [0.1, 0.15) is 28.7 Å². The van der Waals surface area contributed by atoms with Crippen LogP contribution in [-0.2, 0) is 17.7 Å². The van der Waals surface area contributed by atoms with Crippen molar-refractivity contribution in [2.75, 3.05) is 7.11 Å². The van der Waals surface area contributed by atoms with Gasteiger partial charge in [0.05, 0.1) is 19.3 Å². The molecule has 100 valence electrons. The van der Waals surface area contributed by atoms with Gasteiger partial charge in [-0.3, -0.25) is 4.98 Å². The minimum atomic E-state index is -0.463. The van der Waals surface area contributed by atoms with Gasteiger partial charge in [-0.1, -0.05) is 12.1 Å². The molecule has 2 heterocycles. The Morgan fingerprint density at radius 1 is 1.47 bits per heavy atom. The summed E-state index contributed by atoms with van der Waals surface area (Å²) in [5, 5.41) is 7.89. The van der Waals surface area contributed by atoms with Crippen molar-refractivity contribution >= 4 is 21.9 Å². The fraction of sp³-hybridized carbons (Fsp3) is 0.333. The van der Waals surface area contributed by atoms with E-state index in [-0.39, 0.29) is 5.69 Å². The van der Waals surface area contributed by atoms with Crippen molar-refractivity contribution in [1.29, 1.82) is 0 Å². The van der Waals surface area contributed by atoms with E-state index in [1.807, 2.05) is 13.0 Å². The fourth-order valence-corrected chi connectivity index (χ4v) is 2.19. The van der Waals surface area contributed by atoms with Gasteiger partial charge in [0, 0.05) is 16.9 Å². The summed E-state index contributed by atoms with van der Waals surface area (Å²) in [6, 6.07) is 1.95. The summed E-state index contributed by atoms with van der Waals surface area (Å²) < 4.78 is 7.28. The zero-order valence-corrected chi connectivity index (χ0v) is 12.2. The van der Waals surface area contributed by atoms with Gasteiger partial charge in [0.25, 0.3) is 0 Å². The van der Waals surface area contributed by atoms with Crippen LogP contribution in [0, 0.1) is 0 Å². The molecule has 6 nitrogen and oxygen atoms in total. The maximum atomic E-state index is 11.6. The van der Waals surface area contributed by atoms with Crippen molar-refractivity contribution < 1.29 is 9.53 Å². The lowest BCUT2D eigenvalue weighted by Crippen LogP contribution is -2.10. The summed E-state index contributed by atoms with van der Waals surface area (Å²) in [6.45, 7) is 2.46. The number of hydrogen-bond acceptors (Lipinski definition) is 5. The Balaban J connectivity index is 2.30. The molecule has 0 aromatic carbocycles. The predicted molar refractivity (Wildman–Crippen MR) is 71.8 cm³/mol. The Morgan fingerprint density at radius 2 is 2.26 bits per heavy atom. The van der Waals surface area contributed by atoms with Crippen LogP contribution in [0.15, 0.2) is 22.9 Å². The standard InChI is InChI=1S/C12H13BrN4O2/c1-3-10-11(12(18)19-2)15-16-17(10)7-8-4-9(13)6-14-5-8/h4-6H,3,7H2,1-2H3. The third-order valence-corrected chi connectivity index (χ3v) is 3.08. The molecule has 7 heteroatoms. The van der Waals surface area contributed by atoms with Crippen LogP contribution in [0.3, 0.4) is 0 Å². The molecule has 2 rings (SSSR count). The Labute approximate surface area is 118 Å². The van der Waals surface area contributed by atoms with Gasteiger partial charge in [-0.05, 0) is 34.0 Å². The molecule has 0 aliphatic carbocycles. The Kier molecular flexibility index (Phi) is 4.26. The number of carbonyl (C=O) groups is 1. The highest BCUT2D eigenvalue weighted by Gasteiger charge is 2.18. The zero-order chi connectivity index (χ0) is 13.8. The number of halogens is 1. The molecule has 19 heavy (non-hydrogen) atoms. The first-order valence-electron chi connectivity index (χ1n) is 5.75. The lowest BCUT2D eigenvalue weighted by molar-refractivity contribution is 0.0592. The largest absolute Gasteiger partial charge is 0.464 e. The molecule has 0 atom stereocenters. The molecule has 2 aromatic rings. The van der Waals surface area contributed by atoms with Crippen LogP contribution in [0.25, 0.3) is 0 Å². The second-order valence-corrected chi connectivity index (χ2v) is 4.81. The minimum Gasteiger partial charge on any atom is -0.464 e. The number of pyridine rings is 1. The number of carbonyl (C=O) groups excluding carboxylic acids is 1. The second-order valence-electron chi connectivity index (χ2n) is 3.90. The van der Waals surface area contributed by atoms with Crippen molar-refractivity contribution in [2.45, 2.75) is 19.9 Å². The smallest absolute Gasteiger partial charge is 0.360 e. The summed E-state index contributed by atoms with van der Waals surface area (Å²) in [7, 11) is 1.33. The van der Waals surface area contributed by atoms with Crippen LogP contribution >= 0.6 is 15.9 Å². The van der Waals surface area contributed by atoms with Crippen molar-refractivity contribution in [3.8, 4) is 0 Å². The lowest BCUT2D eigenvalue weighted by atomic mass is 10.2. The van der Waals surface area contributed by atoms with E-state index in [0.717, 1.165) is 15.7 Å². The van der Waals surface area contributed by atoms with Crippen molar-refractivity contribution in [3.05, 3.63) is 39.9 Å². The van der Waals surface area contributed by atoms with Crippen molar-refractivity contribution in [1.82, 2.24) is 20.0 Å². The van der Waals surface area contributed by atoms with Crippen LogP contribution in [-0.4, -0.2) is 33.1 Å². The Bertz CT molecular complexity index is 597. The average Bonchev–Trinajstić information content (AvgIpc) is 2.80. The third-order valence-electron chi connectivity index (χ3n) is 2.65. The number of aromatic nitrogens is 4. The highest BCUT2D eigenvalue weighted by molar-refractivity contribution is 9.10. The summed E-state index contributed by atoms with van der Waals surface area (Å²) >= 11 is 3.37. The number of hydrogen-bond donors (Lipinski definition) is 0. The molecule has 0 fully saturated rings. The van der Waals surface area contributed by atoms with Crippen LogP contribution in [0.4, 0.5) is 0 Å². The second kappa shape index (κ2) is 5.92. The van der Waals surface area contributed by atoms with Crippen LogP contribution in [0.5, 0.6) is 0 Å². The maximum Gasteiger partial charge on any atom is 0.360 e. The molecule has 0 spiro atoms. The zero-order valence-electron chi connectivity index (χ0n) is 10.6. The molecule has 0 saturated heterocycles. The van der Waals surface area contributed by atoms with E-state index in [4.69, 9.17) is 0 Å². The van der Waals surface area contributed by atoms with E-state index in [9.17, 15) is 4.79 Å². The molecule has 0 amide bonds. The first-order valence-corrected chi connectivity index (χ1v) is 6.55. The van der Waals surface area contributed by atoms with Crippen molar-refractivity contribution in [2.24, 2.45) is 0 Å². The SMILES string of the molecule is CCc1c(C(=O)OC)nnn1Cc1cncc(Br)c1. The van der Waals surface area contributed by atoms with Crippen LogP contribution < -0.4 is 0 Å². The van der Waals surface area contributed by atoms with Crippen LogP contribution in [0.2, 0.25) is 0 Å². The monoisotopic (exact) mass is 324 g/mol. The number of nitrogens with zero attached hydrogens (tertiary/aromatic N) is 4. The van der Waals surface area contributed by atoms with E-state index < -0.39 is 5.97 Å². The van der Waals surface area contributed by atoms with E-state index in [0.29, 0.717) is 13.0 Å². The van der Waals surface area contributed by atoms with Crippen molar-refractivity contribution in [3.63, 3.8) is 0 Å². The first-order chi connectivity index (χ1) is 9.15. The maximum absolute atomic E-state index is 11.6. The lowest BCUT2D eigenvalue weighted by Gasteiger charge is -2.05. The quantitative estimate of drug-likeness (QED) is 0.802. The molecule has 0 unspecified atom stereocenters. The normalized spacial score (nSPS) is 10.5. The minimum absolute atomic E-state index is 0.271. The number of rotatable bonds is 4. The van der Waals surface area contributed by atoms with Gasteiger partial charge < -0.3 is 4.74 Å². The molecule has 0 aliphatic rings. The Morgan fingerprint density at radius 3 is 2.89 bits per heavy atom. The molecule has 0 aliphatic heterocycles. The highest BCUT2D eigenvalue weighted by Crippen LogP contribution is 2.13.